The molecule has 0 saturated carbocycles. The van der Waals surface area contributed by atoms with E-state index in [9.17, 15) is 4.79 Å². The summed E-state index contributed by atoms with van der Waals surface area (Å²) >= 11 is 0. The molecule has 1 amide bonds. The molecular weight excluding hydrogens is 314 g/mol. The maximum absolute atomic E-state index is 12.5. The first kappa shape index (κ1) is 15.3. The normalized spacial score (nSPS) is 18.1. The van der Waals surface area contributed by atoms with E-state index >= 15 is 0 Å². The van der Waals surface area contributed by atoms with Crippen LogP contribution in [0.3, 0.4) is 0 Å². The second-order valence-corrected chi connectivity index (χ2v) is 6.00. The zero-order valence-corrected chi connectivity index (χ0v) is 13.8. The number of hydrogen-bond donors (Lipinski definition) is 4. The molecule has 6 nitrogen and oxygen atoms in total. The van der Waals surface area contributed by atoms with E-state index in [4.69, 9.17) is 0 Å². The van der Waals surface area contributed by atoms with Gasteiger partial charge in [-0.1, -0.05) is 30.3 Å². The molecule has 25 heavy (non-hydrogen) atoms. The van der Waals surface area contributed by atoms with Gasteiger partial charge in [-0.05, 0) is 29.8 Å². The second kappa shape index (κ2) is 6.32. The van der Waals surface area contributed by atoms with Crippen LogP contribution in [-0.2, 0) is 0 Å². The van der Waals surface area contributed by atoms with E-state index in [0.29, 0.717) is 5.69 Å². The Kier molecular flexibility index (Phi) is 3.85. The van der Waals surface area contributed by atoms with Crippen LogP contribution in [0.5, 0.6) is 0 Å². The van der Waals surface area contributed by atoms with Crippen molar-refractivity contribution in [3.63, 3.8) is 0 Å². The fourth-order valence-electron chi connectivity index (χ4n) is 3.04. The second-order valence-electron chi connectivity index (χ2n) is 6.00. The Hall–Kier alpha value is -3.28. The minimum absolute atomic E-state index is 0.142. The predicted molar refractivity (Wildman–Crippen MR) is 99.9 cm³/mol. The number of fused-ring (bicyclic) bond motifs is 1. The lowest BCUT2D eigenvalue weighted by atomic mass is 10.1. The van der Waals surface area contributed by atoms with Crippen molar-refractivity contribution in [2.45, 2.75) is 6.04 Å². The first-order chi connectivity index (χ1) is 12.2. The van der Waals surface area contributed by atoms with Gasteiger partial charge >= 0.3 is 0 Å². The molecule has 3 aromatic rings. The number of nitrogens with one attached hydrogen (secondary N) is 4. The summed E-state index contributed by atoms with van der Waals surface area (Å²) in [7, 11) is 1.74. The molecular formula is C19H19N5O. The SMILES string of the molecule is CN=C1NCC(c2cccc(NC(=O)c3cc4ccccc4[nH]3)c2)N1. The number of carbonyl (C=O) groups is 1. The zero-order chi connectivity index (χ0) is 17.2. The number of nitrogens with zero attached hydrogens (tertiary/aromatic N) is 1. The molecule has 2 aromatic carbocycles. The Morgan fingerprint density at radius 3 is 2.84 bits per heavy atom. The van der Waals surface area contributed by atoms with Crippen LogP contribution in [0.15, 0.2) is 59.6 Å². The van der Waals surface area contributed by atoms with Gasteiger partial charge in [0.15, 0.2) is 5.96 Å². The van der Waals surface area contributed by atoms with Crippen molar-refractivity contribution in [3.05, 3.63) is 65.9 Å². The van der Waals surface area contributed by atoms with Crippen molar-refractivity contribution in [2.24, 2.45) is 4.99 Å². The number of H-pyrrole nitrogens is 1. The highest BCUT2D eigenvalue weighted by Gasteiger charge is 2.20. The Morgan fingerprint density at radius 2 is 2.04 bits per heavy atom. The number of amides is 1. The summed E-state index contributed by atoms with van der Waals surface area (Å²) in [6.07, 6.45) is 0. The molecule has 6 heteroatoms. The Morgan fingerprint density at radius 1 is 1.16 bits per heavy atom. The minimum Gasteiger partial charge on any atom is -0.354 e. The van der Waals surface area contributed by atoms with Crippen LogP contribution >= 0.6 is 0 Å². The Balaban J connectivity index is 1.52. The number of para-hydroxylation sites is 1. The fraction of sp³-hybridized carbons (Fsp3) is 0.158. The van der Waals surface area contributed by atoms with Gasteiger partial charge < -0.3 is 20.9 Å². The molecule has 1 atom stereocenters. The molecule has 0 spiro atoms. The van der Waals surface area contributed by atoms with Gasteiger partial charge in [0.25, 0.3) is 5.91 Å². The molecule has 1 fully saturated rings. The topological polar surface area (TPSA) is 81.3 Å². The zero-order valence-electron chi connectivity index (χ0n) is 13.8. The molecule has 0 radical (unpaired) electrons. The largest absolute Gasteiger partial charge is 0.354 e. The molecule has 0 bridgehead atoms. The average molecular weight is 333 g/mol. The number of benzene rings is 2. The van der Waals surface area contributed by atoms with Crippen LogP contribution < -0.4 is 16.0 Å². The molecule has 1 aliphatic rings. The van der Waals surface area contributed by atoms with E-state index in [-0.39, 0.29) is 11.9 Å². The third-order valence-corrected chi connectivity index (χ3v) is 4.33. The number of aliphatic imine (C=N–C) groups is 1. The van der Waals surface area contributed by atoms with Gasteiger partial charge in [0.05, 0.1) is 6.04 Å². The predicted octanol–water partition coefficient (Wildman–Crippen LogP) is 2.64. The highest BCUT2D eigenvalue weighted by atomic mass is 16.1. The van der Waals surface area contributed by atoms with Gasteiger partial charge in [-0.15, -0.1) is 0 Å². The molecule has 1 unspecified atom stereocenters. The molecule has 1 aliphatic heterocycles. The van der Waals surface area contributed by atoms with Crippen molar-refractivity contribution in [3.8, 4) is 0 Å². The van der Waals surface area contributed by atoms with Gasteiger partial charge in [-0.3, -0.25) is 9.79 Å². The van der Waals surface area contributed by atoms with Crippen molar-refractivity contribution in [1.29, 1.82) is 0 Å². The molecule has 1 aromatic heterocycles. The van der Waals surface area contributed by atoms with Crippen LogP contribution in [0.1, 0.15) is 22.1 Å². The highest BCUT2D eigenvalue weighted by molar-refractivity contribution is 6.05. The third kappa shape index (κ3) is 3.06. The lowest BCUT2D eigenvalue weighted by Gasteiger charge is -2.12. The van der Waals surface area contributed by atoms with Crippen LogP contribution in [0.25, 0.3) is 10.9 Å². The van der Waals surface area contributed by atoms with E-state index in [2.05, 4.69) is 25.9 Å². The molecule has 1 saturated heterocycles. The molecule has 4 rings (SSSR count). The Labute approximate surface area is 145 Å². The van der Waals surface area contributed by atoms with Crippen molar-refractivity contribution in [2.75, 3.05) is 18.9 Å². The quantitative estimate of drug-likeness (QED) is 0.595. The Bertz CT molecular complexity index is 926. The van der Waals surface area contributed by atoms with Crippen LogP contribution in [0, 0.1) is 0 Å². The summed E-state index contributed by atoms with van der Waals surface area (Å²) in [6, 6.07) is 17.7. The number of aromatic amines is 1. The van der Waals surface area contributed by atoms with Crippen molar-refractivity contribution in [1.82, 2.24) is 15.6 Å². The fourth-order valence-corrected chi connectivity index (χ4v) is 3.04. The number of hydrogen-bond acceptors (Lipinski definition) is 2. The number of aromatic nitrogens is 1. The van der Waals surface area contributed by atoms with Gasteiger partial charge in [0.2, 0.25) is 0 Å². The summed E-state index contributed by atoms with van der Waals surface area (Å²) in [6.45, 7) is 0.770. The standard InChI is InChI=1S/C19H19N5O/c1-20-19-21-11-17(24-19)12-6-4-7-14(9-12)22-18(25)16-10-13-5-2-3-8-15(13)23-16/h2-10,17,23H,11H2,1H3,(H,22,25)(H2,20,21,24). The maximum Gasteiger partial charge on any atom is 0.272 e. The number of anilines is 1. The van der Waals surface area contributed by atoms with Crippen LogP contribution in [-0.4, -0.2) is 30.4 Å². The summed E-state index contributed by atoms with van der Waals surface area (Å²) in [5.74, 6) is 0.638. The smallest absolute Gasteiger partial charge is 0.272 e. The molecule has 0 aliphatic carbocycles. The van der Waals surface area contributed by atoms with Crippen molar-refractivity contribution < 1.29 is 4.79 Å². The summed E-state index contributed by atoms with van der Waals surface area (Å²) < 4.78 is 0. The van der Waals surface area contributed by atoms with Crippen molar-refractivity contribution >= 4 is 28.5 Å². The number of carbonyl (C=O) groups excluding carboxylic acids is 1. The van der Waals surface area contributed by atoms with E-state index in [1.165, 1.54) is 0 Å². The molecule has 126 valence electrons. The van der Waals surface area contributed by atoms with Crippen LogP contribution in [0.2, 0.25) is 0 Å². The van der Waals surface area contributed by atoms with Crippen LogP contribution in [0.4, 0.5) is 5.69 Å². The lowest BCUT2D eigenvalue weighted by molar-refractivity contribution is 0.102. The maximum atomic E-state index is 12.5. The monoisotopic (exact) mass is 333 g/mol. The third-order valence-electron chi connectivity index (χ3n) is 4.33. The first-order valence-electron chi connectivity index (χ1n) is 8.19. The van der Waals surface area contributed by atoms with Gasteiger partial charge in [-0.25, -0.2) is 0 Å². The van der Waals surface area contributed by atoms with E-state index < -0.39 is 0 Å². The van der Waals surface area contributed by atoms with Gasteiger partial charge in [0, 0.05) is 30.2 Å². The average Bonchev–Trinajstić information content (AvgIpc) is 3.28. The summed E-state index contributed by atoms with van der Waals surface area (Å²) in [4.78, 5) is 19.8. The molecule has 4 N–H and O–H groups in total. The van der Waals surface area contributed by atoms with Gasteiger partial charge in [0.1, 0.15) is 5.69 Å². The van der Waals surface area contributed by atoms with Gasteiger partial charge in [-0.2, -0.15) is 0 Å². The number of guanidine groups is 1. The van der Waals surface area contributed by atoms with E-state index in [1.807, 2.05) is 54.6 Å². The molecule has 2 heterocycles. The minimum atomic E-state index is -0.151. The summed E-state index contributed by atoms with van der Waals surface area (Å²) in [5.41, 5.74) is 3.37. The van der Waals surface area contributed by atoms with E-state index in [0.717, 1.165) is 34.7 Å². The summed E-state index contributed by atoms with van der Waals surface area (Å²) in [5, 5.41) is 10.5. The lowest BCUT2D eigenvalue weighted by Crippen LogP contribution is -2.24. The highest BCUT2D eigenvalue weighted by Crippen LogP contribution is 2.21. The number of rotatable bonds is 3. The first-order valence-corrected chi connectivity index (χ1v) is 8.19. The van der Waals surface area contributed by atoms with E-state index in [1.54, 1.807) is 7.05 Å².